The number of anilines is 1. The highest BCUT2D eigenvalue weighted by Gasteiger charge is 2.14. The molecule has 9 nitrogen and oxygen atoms in total. The fourth-order valence-electron chi connectivity index (χ4n) is 2.80. The van der Waals surface area contributed by atoms with Crippen LogP contribution in [-0.4, -0.2) is 38.2 Å². The van der Waals surface area contributed by atoms with Crippen molar-refractivity contribution in [2.45, 2.75) is 6.92 Å². The van der Waals surface area contributed by atoms with Gasteiger partial charge in [-0.15, -0.1) is 0 Å². The third-order valence-corrected chi connectivity index (χ3v) is 4.59. The molecule has 34 heavy (non-hydrogen) atoms. The molecule has 0 aliphatic heterocycles. The predicted octanol–water partition coefficient (Wildman–Crippen LogP) is 3.32. The van der Waals surface area contributed by atoms with Crippen molar-refractivity contribution in [2.24, 2.45) is 5.10 Å². The van der Waals surface area contributed by atoms with E-state index in [-0.39, 0.29) is 5.75 Å². The Kier molecular flexibility index (Phi) is 7.96. The Labute approximate surface area is 196 Å². The van der Waals surface area contributed by atoms with Crippen LogP contribution >= 0.6 is 0 Å². The number of hydrogen-bond acceptors (Lipinski definition) is 7. The smallest absolute Gasteiger partial charge is 0.343 e. The van der Waals surface area contributed by atoms with E-state index in [9.17, 15) is 14.4 Å². The lowest BCUT2D eigenvalue weighted by Gasteiger charge is -2.10. The molecule has 3 aromatic rings. The van der Waals surface area contributed by atoms with Crippen LogP contribution < -0.4 is 25.0 Å². The number of rotatable bonds is 7. The topological polar surface area (TPSA) is 115 Å². The van der Waals surface area contributed by atoms with Crippen LogP contribution in [0.5, 0.6) is 17.2 Å². The van der Waals surface area contributed by atoms with Crippen molar-refractivity contribution in [1.29, 1.82) is 0 Å². The highest BCUT2D eigenvalue weighted by Crippen LogP contribution is 2.28. The summed E-state index contributed by atoms with van der Waals surface area (Å²) in [5.74, 6) is -1.29. The van der Waals surface area contributed by atoms with E-state index >= 15 is 0 Å². The van der Waals surface area contributed by atoms with Crippen LogP contribution in [0.15, 0.2) is 71.8 Å². The molecule has 0 unspecified atom stereocenters. The van der Waals surface area contributed by atoms with Crippen LogP contribution in [0.4, 0.5) is 5.69 Å². The van der Waals surface area contributed by atoms with Gasteiger partial charge in [0.2, 0.25) is 0 Å². The average molecular weight is 461 g/mol. The number of hydrogen-bond donors (Lipinski definition) is 2. The van der Waals surface area contributed by atoms with E-state index in [4.69, 9.17) is 14.2 Å². The van der Waals surface area contributed by atoms with Gasteiger partial charge in [0.1, 0.15) is 5.75 Å². The normalized spacial score (nSPS) is 10.4. The molecule has 0 saturated heterocycles. The summed E-state index contributed by atoms with van der Waals surface area (Å²) in [6.07, 6.45) is 1.32. The van der Waals surface area contributed by atoms with Gasteiger partial charge in [0.25, 0.3) is 0 Å². The zero-order chi connectivity index (χ0) is 24.5. The van der Waals surface area contributed by atoms with Gasteiger partial charge in [0.05, 0.1) is 26.0 Å². The maximum absolute atomic E-state index is 12.4. The SMILES string of the molecule is COc1cccc(NC(=O)C(=O)N/N=C\c2ccc(OC(=O)c3ccc(C)cc3)c(OC)c2)c1. The summed E-state index contributed by atoms with van der Waals surface area (Å²) in [6.45, 7) is 1.92. The van der Waals surface area contributed by atoms with Gasteiger partial charge in [-0.1, -0.05) is 23.8 Å². The average Bonchev–Trinajstić information content (AvgIpc) is 2.85. The van der Waals surface area contributed by atoms with Gasteiger partial charge in [-0.3, -0.25) is 9.59 Å². The lowest BCUT2D eigenvalue weighted by molar-refractivity contribution is -0.136. The minimum absolute atomic E-state index is 0.229. The summed E-state index contributed by atoms with van der Waals surface area (Å²) in [5, 5.41) is 6.24. The molecule has 0 saturated carbocycles. The maximum atomic E-state index is 12.4. The second kappa shape index (κ2) is 11.3. The van der Waals surface area contributed by atoms with Crippen molar-refractivity contribution in [3.05, 3.63) is 83.4 Å². The number of methoxy groups -OCH3 is 2. The molecule has 9 heteroatoms. The van der Waals surface area contributed by atoms with Gasteiger partial charge in [-0.2, -0.15) is 5.10 Å². The predicted molar refractivity (Wildman–Crippen MR) is 126 cm³/mol. The van der Waals surface area contributed by atoms with Gasteiger partial charge in [0.15, 0.2) is 11.5 Å². The monoisotopic (exact) mass is 461 g/mol. The molecule has 0 heterocycles. The summed E-state index contributed by atoms with van der Waals surface area (Å²) in [4.78, 5) is 36.4. The number of aryl methyl sites for hydroxylation is 1. The molecule has 2 amide bonds. The fourth-order valence-corrected chi connectivity index (χ4v) is 2.80. The standard InChI is InChI=1S/C25H23N3O6/c1-16-7-10-18(11-8-16)25(31)34-21-12-9-17(13-22(21)33-3)15-26-28-24(30)23(29)27-19-5-4-6-20(14-19)32-2/h4-15H,1-3H3,(H,27,29)(H,28,30)/b26-15-. The highest BCUT2D eigenvalue weighted by atomic mass is 16.6. The zero-order valence-electron chi connectivity index (χ0n) is 18.8. The Morgan fingerprint density at radius 3 is 2.32 bits per heavy atom. The molecule has 174 valence electrons. The summed E-state index contributed by atoms with van der Waals surface area (Å²) in [7, 11) is 2.93. The lowest BCUT2D eigenvalue weighted by atomic mass is 10.1. The van der Waals surface area contributed by atoms with E-state index in [1.54, 1.807) is 54.6 Å². The number of nitrogens with zero attached hydrogens (tertiary/aromatic N) is 1. The molecule has 0 fully saturated rings. The molecule has 2 N–H and O–H groups in total. The van der Waals surface area contributed by atoms with E-state index in [0.29, 0.717) is 28.3 Å². The van der Waals surface area contributed by atoms with Crippen molar-refractivity contribution in [1.82, 2.24) is 5.43 Å². The van der Waals surface area contributed by atoms with Crippen LogP contribution in [0.2, 0.25) is 0 Å². The van der Waals surface area contributed by atoms with Crippen molar-refractivity contribution in [3.63, 3.8) is 0 Å². The minimum atomic E-state index is -0.949. The molecule has 0 aliphatic rings. The molecule has 0 bridgehead atoms. The summed E-state index contributed by atoms with van der Waals surface area (Å²) in [5.41, 5.74) is 4.54. The summed E-state index contributed by atoms with van der Waals surface area (Å²) in [6, 6.07) is 18.3. The van der Waals surface area contributed by atoms with E-state index in [1.807, 2.05) is 19.1 Å². The molecule has 3 rings (SSSR count). The second-order valence-corrected chi connectivity index (χ2v) is 7.05. The molecule has 0 aromatic heterocycles. The summed E-state index contributed by atoms with van der Waals surface area (Å²) < 4.78 is 15.8. The van der Waals surface area contributed by atoms with Crippen molar-refractivity contribution in [2.75, 3.05) is 19.5 Å². The summed E-state index contributed by atoms with van der Waals surface area (Å²) >= 11 is 0. The molecular weight excluding hydrogens is 438 g/mol. The molecule has 0 spiro atoms. The van der Waals surface area contributed by atoms with Gasteiger partial charge in [-0.05, 0) is 55.0 Å². The molecular formula is C25H23N3O6. The first-order chi connectivity index (χ1) is 16.4. The number of carbonyl (C=O) groups excluding carboxylic acids is 3. The van der Waals surface area contributed by atoms with Crippen molar-refractivity contribution < 1.29 is 28.6 Å². The maximum Gasteiger partial charge on any atom is 0.343 e. The highest BCUT2D eigenvalue weighted by molar-refractivity contribution is 6.39. The van der Waals surface area contributed by atoms with E-state index in [2.05, 4.69) is 15.8 Å². The number of ether oxygens (including phenoxy) is 3. The molecule has 0 atom stereocenters. The molecule has 0 aliphatic carbocycles. The third-order valence-electron chi connectivity index (χ3n) is 4.59. The first-order valence-corrected chi connectivity index (χ1v) is 10.1. The Hall–Kier alpha value is -4.66. The first kappa shape index (κ1) is 24.0. The number of amides is 2. The number of benzene rings is 3. The van der Waals surface area contributed by atoms with Crippen molar-refractivity contribution >= 4 is 29.7 Å². The number of esters is 1. The number of hydrazone groups is 1. The van der Waals surface area contributed by atoms with Crippen LogP contribution in [0.25, 0.3) is 0 Å². The van der Waals surface area contributed by atoms with E-state index < -0.39 is 17.8 Å². The van der Waals surface area contributed by atoms with Crippen LogP contribution in [0.1, 0.15) is 21.5 Å². The van der Waals surface area contributed by atoms with Crippen molar-refractivity contribution in [3.8, 4) is 17.2 Å². The lowest BCUT2D eigenvalue weighted by Crippen LogP contribution is -2.32. The van der Waals surface area contributed by atoms with E-state index in [1.165, 1.54) is 20.4 Å². The number of carbonyl (C=O) groups is 3. The van der Waals surface area contributed by atoms with Gasteiger partial charge in [0, 0.05) is 11.8 Å². The minimum Gasteiger partial charge on any atom is -0.497 e. The first-order valence-electron chi connectivity index (χ1n) is 10.1. The zero-order valence-corrected chi connectivity index (χ0v) is 18.8. The quantitative estimate of drug-likeness (QED) is 0.183. The Morgan fingerprint density at radius 2 is 1.62 bits per heavy atom. The van der Waals surface area contributed by atoms with Crippen LogP contribution in [-0.2, 0) is 9.59 Å². The van der Waals surface area contributed by atoms with Crippen LogP contribution in [0.3, 0.4) is 0 Å². The Bertz CT molecular complexity index is 1220. The Balaban J connectivity index is 1.59. The van der Waals surface area contributed by atoms with Gasteiger partial charge in [-0.25, -0.2) is 10.2 Å². The molecule has 0 radical (unpaired) electrons. The second-order valence-electron chi connectivity index (χ2n) is 7.05. The van der Waals surface area contributed by atoms with Gasteiger partial charge >= 0.3 is 17.8 Å². The third kappa shape index (κ3) is 6.42. The largest absolute Gasteiger partial charge is 0.497 e. The number of nitrogens with one attached hydrogen (secondary N) is 2. The molecule has 3 aromatic carbocycles. The fraction of sp³-hybridized carbons (Fsp3) is 0.120. The Morgan fingerprint density at radius 1 is 0.853 bits per heavy atom. The van der Waals surface area contributed by atoms with Crippen LogP contribution in [0, 0.1) is 6.92 Å². The van der Waals surface area contributed by atoms with E-state index in [0.717, 1.165) is 5.56 Å². The van der Waals surface area contributed by atoms with Gasteiger partial charge < -0.3 is 19.5 Å².